The minimum absolute atomic E-state index is 0.0571. The Hall–Kier alpha value is -5.55. The third-order valence-corrected chi connectivity index (χ3v) is 7.26. The van der Waals surface area contributed by atoms with Gasteiger partial charge in [-0.3, -0.25) is 0 Å². The molecule has 4 nitrogen and oxygen atoms in total. The lowest BCUT2D eigenvalue weighted by Gasteiger charge is -2.17. The fraction of sp³-hybridized carbons (Fsp3) is 0. The van der Waals surface area contributed by atoms with Crippen molar-refractivity contribution >= 4 is 55.0 Å². The van der Waals surface area contributed by atoms with E-state index < -0.39 is 17.8 Å². The van der Waals surface area contributed by atoms with Crippen LogP contribution in [-0.2, 0) is 0 Å². The number of hydrogen-bond donors (Lipinski definition) is 0. The predicted octanol–water partition coefficient (Wildman–Crippen LogP) is 8.88. The largest absolute Gasteiger partial charge is 0.422 e. The zero-order valence-electron chi connectivity index (χ0n) is 21.6. The Morgan fingerprint density at radius 2 is 0.927 bits per heavy atom. The second kappa shape index (κ2) is 9.88. The maximum Gasteiger partial charge on any atom is 0.343 e. The van der Waals surface area contributed by atoms with E-state index >= 15 is 4.39 Å². The Kier molecular flexibility index (Phi) is 5.90. The van der Waals surface area contributed by atoms with E-state index in [1.165, 1.54) is 12.1 Å². The second-order valence-electron chi connectivity index (χ2n) is 9.77. The second-order valence-corrected chi connectivity index (χ2v) is 9.77. The van der Waals surface area contributed by atoms with Crippen molar-refractivity contribution in [2.75, 3.05) is 0 Å². The van der Waals surface area contributed by atoms with Gasteiger partial charge in [0, 0.05) is 16.2 Å². The van der Waals surface area contributed by atoms with E-state index in [4.69, 9.17) is 9.47 Å². The van der Waals surface area contributed by atoms with Crippen LogP contribution >= 0.6 is 0 Å². The van der Waals surface area contributed by atoms with Crippen LogP contribution in [0, 0.1) is 5.82 Å². The summed E-state index contributed by atoms with van der Waals surface area (Å²) in [6.45, 7) is 0. The standard InChI is InChI=1S/C36H21FO4/c37-31-15-7-14-30-32(31)34(41-36(39)27-19-17-23-9-2-4-11-25(23)21-27)29-13-6-5-12-28(29)33(30)40-35(38)26-18-16-22-8-1-3-10-24(22)20-26/h1-21H. The van der Waals surface area contributed by atoms with Gasteiger partial charge in [0.2, 0.25) is 0 Å². The Bertz CT molecular complexity index is 2170. The van der Waals surface area contributed by atoms with Crippen molar-refractivity contribution in [3.8, 4) is 11.5 Å². The molecule has 0 aliphatic rings. The first-order valence-electron chi connectivity index (χ1n) is 13.1. The van der Waals surface area contributed by atoms with Gasteiger partial charge in [-0.05, 0) is 51.9 Å². The first kappa shape index (κ1) is 24.5. The van der Waals surface area contributed by atoms with Crippen LogP contribution in [0.25, 0.3) is 43.1 Å². The van der Waals surface area contributed by atoms with Gasteiger partial charge in [-0.15, -0.1) is 0 Å². The summed E-state index contributed by atoms with van der Waals surface area (Å²) in [4.78, 5) is 26.8. The Labute approximate surface area is 234 Å². The van der Waals surface area contributed by atoms with Crippen molar-refractivity contribution in [2.24, 2.45) is 0 Å². The molecule has 0 aliphatic heterocycles. The van der Waals surface area contributed by atoms with Gasteiger partial charge >= 0.3 is 11.9 Å². The lowest BCUT2D eigenvalue weighted by atomic mass is 10.00. The number of hydrogen-bond acceptors (Lipinski definition) is 4. The van der Waals surface area contributed by atoms with E-state index in [9.17, 15) is 9.59 Å². The van der Waals surface area contributed by atoms with Gasteiger partial charge in [0.05, 0.1) is 16.5 Å². The lowest BCUT2D eigenvalue weighted by Crippen LogP contribution is -2.11. The number of halogens is 1. The molecule has 0 radical (unpaired) electrons. The third kappa shape index (κ3) is 4.34. The monoisotopic (exact) mass is 536 g/mol. The molecule has 7 aromatic rings. The quantitative estimate of drug-likeness (QED) is 0.128. The smallest absolute Gasteiger partial charge is 0.343 e. The molecule has 0 fully saturated rings. The van der Waals surface area contributed by atoms with Crippen molar-refractivity contribution < 1.29 is 23.5 Å². The molecular weight excluding hydrogens is 515 g/mol. The minimum atomic E-state index is -0.619. The van der Waals surface area contributed by atoms with E-state index in [2.05, 4.69) is 0 Å². The van der Waals surface area contributed by atoms with Crippen molar-refractivity contribution in [1.82, 2.24) is 0 Å². The molecule has 0 saturated heterocycles. The Morgan fingerprint density at radius 3 is 1.51 bits per heavy atom. The molecule has 0 aliphatic carbocycles. The molecule has 0 bridgehead atoms. The van der Waals surface area contributed by atoms with Crippen molar-refractivity contribution in [2.45, 2.75) is 0 Å². The predicted molar refractivity (Wildman–Crippen MR) is 159 cm³/mol. The van der Waals surface area contributed by atoms with Crippen LogP contribution in [0.1, 0.15) is 20.7 Å². The summed E-state index contributed by atoms with van der Waals surface area (Å²) in [6, 6.07) is 37.5. The highest BCUT2D eigenvalue weighted by atomic mass is 19.1. The summed E-state index contributed by atoms with van der Waals surface area (Å²) in [5, 5.41) is 5.11. The van der Waals surface area contributed by atoms with E-state index in [-0.39, 0.29) is 16.9 Å². The molecule has 0 aromatic heterocycles. The molecule has 0 spiro atoms. The average Bonchev–Trinajstić information content (AvgIpc) is 3.02. The zero-order chi connectivity index (χ0) is 27.9. The van der Waals surface area contributed by atoms with Gasteiger partial charge in [0.15, 0.2) is 0 Å². The van der Waals surface area contributed by atoms with Gasteiger partial charge in [0.25, 0.3) is 0 Å². The van der Waals surface area contributed by atoms with Crippen molar-refractivity contribution in [3.63, 3.8) is 0 Å². The fourth-order valence-electron chi connectivity index (χ4n) is 5.25. The molecule has 0 saturated carbocycles. The normalized spacial score (nSPS) is 11.2. The molecule has 0 amide bonds. The third-order valence-electron chi connectivity index (χ3n) is 7.26. The van der Waals surface area contributed by atoms with Gasteiger partial charge in [0.1, 0.15) is 17.3 Å². The summed E-state index contributed by atoms with van der Waals surface area (Å²) >= 11 is 0. The number of carbonyl (C=O) groups excluding carboxylic acids is 2. The summed E-state index contributed by atoms with van der Waals surface area (Å²) in [7, 11) is 0. The summed E-state index contributed by atoms with van der Waals surface area (Å²) in [5.41, 5.74) is 0.702. The molecule has 0 N–H and O–H groups in total. The lowest BCUT2D eigenvalue weighted by molar-refractivity contribution is 0.0726. The highest BCUT2D eigenvalue weighted by molar-refractivity contribution is 6.14. The number of ether oxygens (including phenoxy) is 2. The van der Waals surface area contributed by atoms with Crippen LogP contribution < -0.4 is 9.47 Å². The molecule has 5 heteroatoms. The maximum absolute atomic E-state index is 15.5. The summed E-state index contributed by atoms with van der Waals surface area (Å²) in [5.74, 6) is -1.53. The van der Waals surface area contributed by atoms with Crippen LogP contribution in [0.3, 0.4) is 0 Å². The average molecular weight is 537 g/mol. The van der Waals surface area contributed by atoms with Crippen LogP contribution in [0.4, 0.5) is 4.39 Å². The first-order chi connectivity index (χ1) is 20.1. The van der Waals surface area contributed by atoms with E-state index in [0.717, 1.165) is 21.5 Å². The van der Waals surface area contributed by atoms with Gasteiger partial charge < -0.3 is 9.47 Å². The molecule has 0 unspecified atom stereocenters. The molecule has 0 heterocycles. The van der Waals surface area contributed by atoms with Crippen LogP contribution in [0.5, 0.6) is 11.5 Å². The molecule has 0 atom stereocenters. The number of carbonyl (C=O) groups is 2. The van der Waals surface area contributed by atoms with Crippen LogP contribution in [0.2, 0.25) is 0 Å². The van der Waals surface area contributed by atoms with Crippen LogP contribution in [0.15, 0.2) is 127 Å². The molecular formula is C36H21FO4. The van der Waals surface area contributed by atoms with Gasteiger partial charge in [-0.25, -0.2) is 14.0 Å². The van der Waals surface area contributed by atoms with Crippen molar-refractivity contribution in [1.29, 1.82) is 0 Å². The van der Waals surface area contributed by atoms with Crippen LogP contribution in [-0.4, -0.2) is 11.9 Å². The van der Waals surface area contributed by atoms with Gasteiger partial charge in [-0.2, -0.15) is 0 Å². The van der Waals surface area contributed by atoms with E-state index in [1.54, 1.807) is 54.6 Å². The SMILES string of the molecule is O=C(Oc1c2ccccc2c(OC(=O)c2ccc3ccccc3c2)c2c(F)cccc12)c1ccc2ccccc2c1. The molecule has 7 aromatic carbocycles. The number of benzene rings is 7. The highest BCUT2D eigenvalue weighted by Crippen LogP contribution is 2.44. The molecule has 7 rings (SSSR count). The number of fused-ring (bicyclic) bond motifs is 4. The Morgan fingerprint density at radius 1 is 0.463 bits per heavy atom. The molecule has 41 heavy (non-hydrogen) atoms. The van der Waals surface area contributed by atoms with E-state index in [0.29, 0.717) is 27.3 Å². The van der Waals surface area contributed by atoms with Gasteiger partial charge in [-0.1, -0.05) is 97.1 Å². The fourth-order valence-corrected chi connectivity index (χ4v) is 5.25. The Balaban J connectivity index is 1.35. The topological polar surface area (TPSA) is 52.6 Å². The van der Waals surface area contributed by atoms with E-state index in [1.807, 2.05) is 60.7 Å². The number of rotatable bonds is 4. The summed E-state index contributed by atoms with van der Waals surface area (Å²) in [6.07, 6.45) is 0. The summed E-state index contributed by atoms with van der Waals surface area (Å²) < 4.78 is 27.4. The maximum atomic E-state index is 15.5. The zero-order valence-corrected chi connectivity index (χ0v) is 21.6. The minimum Gasteiger partial charge on any atom is -0.422 e. The van der Waals surface area contributed by atoms with Crippen molar-refractivity contribution in [3.05, 3.63) is 144 Å². The first-order valence-corrected chi connectivity index (χ1v) is 13.1. The highest BCUT2D eigenvalue weighted by Gasteiger charge is 2.23. The molecule has 196 valence electrons. The number of esters is 2.